The zero-order valence-corrected chi connectivity index (χ0v) is 11.2. The number of rotatable bonds is 0. The van der Waals surface area contributed by atoms with Crippen molar-refractivity contribution in [2.45, 2.75) is 55.1 Å². The molecule has 0 bridgehead atoms. The minimum atomic E-state index is 0.341. The molecule has 78 valence electrons. The normalized spacial score (nSPS) is 43.4. The van der Waals surface area contributed by atoms with Crippen LogP contribution in [-0.4, -0.2) is 15.6 Å². The molecule has 0 spiro atoms. The molecule has 4 atom stereocenters. The van der Waals surface area contributed by atoms with E-state index in [4.69, 9.17) is 16.3 Å². The van der Waals surface area contributed by atoms with Gasteiger partial charge in [0.15, 0.2) is 0 Å². The molecule has 0 aliphatic carbocycles. The summed E-state index contributed by atoms with van der Waals surface area (Å²) in [6.07, 6.45) is 4.88. The van der Waals surface area contributed by atoms with E-state index in [2.05, 4.69) is 36.4 Å². The Morgan fingerprint density at radius 1 is 1.15 bits per heavy atom. The first-order valence-corrected chi connectivity index (χ1v) is 6.71. The van der Waals surface area contributed by atoms with Gasteiger partial charge in [-0.05, 0) is 38.5 Å². The van der Waals surface area contributed by atoms with Crippen LogP contribution in [0.2, 0.25) is 0 Å². The molecule has 0 aromatic heterocycles. The van der Waals surface area contributed by atoms with Crippen LogP contribution in [-0.2, 0) is 4.74 Å². The Morgan fingerprint density at radius 2 is 1.85 bits per heavy atom. The Balaban J connectivity index is 2.47. The van der Waals surface area contributed by atoms with Crippen LogP contribution in [0.15, 0.2) is 0 Å². The van der Waals surface area contributed by atoms with Gasteiger partial charge in [0, 0.05) is 5.38 Å². The van der Waals surface area contributed by atoms with Crippen molar-refractivity contribution in [1.82, 2.24) is 0 Å². The standard InChI is InChI=1S/C10H18ClIO/c1-7-3-6-10(12)13-8(2)4-5-9(7)11/h7-10H,3-6H2,1-2H3. The lowest BCUT2D eigenvalue weighted by Gasteiger charge is -2.16. The van der Waals surface area contributed by atoms with Crippen molar-refractivity contribution >= 4 is 34.2 Å². The van der Waals surface area contributed by atoms with Gasteiger partial charge in [-0.2, -0.15) is 0 Å². The first kappa shape index (κ1) is 12.1. The fraction of sp³-hybridized carbons (Fsp3) is 1.00. The van der Waals surface area contributed by atoms with Crippen LogP contribution < -0.4 is 0 Å². The molecular weight excluding hydrogens is 298 g/mol. The van der Waals surface area contributed by atoms with Gasteiger partial charge in [-0.1, -0.05) is 29.5 Å². The molecule has 1 saturated heterocycles. The van der Waals surface area contributed by atoms with Crippen LogP contribution in [0.25, 0.3) is 0 Å². The molecule has 0 aromatic rings. The SMILES string of the molecule is CC1CCC(Cl)C(C)CCC(I)O1. The van der Waals surface area contributed by atoms with E-state index in [9.17, 15) is 0 Å². The second-order valence-electron chi connectivity index (χ2n) is 4.00. The Kier molecular flexibility index (Phi) is 5.34. The van der Waals surface area contributed by atoms with E-state index in [1.807, 2.05) is 0 Å². The maximum atomic E-state index is 6.27. The molecule has 4 unspecified atom stereocenters. The Bertz CT molecular complexity index is 138. The molecule has 0 N–H and O–H groups in total. The van der Waals surface area contributed by atoms with Crippen LogP contribution in [0.4, 0.5) is 0 Å². The maximum absolute atomic E-state index is 6.27. The van der Waals surface area contributed by atoms with E-state index in [1.165, 1.54) is 6.42 Å². The quantitative estimate of drug-likeness (QED) is 0.485. The highest BCUT2D eigenvalue weighted by Gasteiger charge is 2.21. The predicted octanol–water partition coefficient (Wildman–Crippen LogP) is 3.97. The average Bonchev–Trinajstić information content (AvgIpc) is 2.12. The second-order valence-corrected chi connectivity index (χ2v) is 5.95. The molecule has 1 fully saturated rings. The second kappa shape index (κ2) is 5.76. The topological polar surface area (TPSA) is 9.23 Å². The van der Waals surface area contributed by atoms with E-state index in [0.717, 1.165) is 19.3 Å². The summed E-state index contributed by atoms with van der Waals surface area (Å²) in [7, 11) is 0. The molecule has 3 heteroatoms. The van der Waals surface area contributed by atoms with Gasteiger partial charge in [0.25, 0.3) is 0 Å². The third-order valence-electron chi connectivity index (χ3n) is 2.70. The van der Waals surface area contributed by atoms with Crippen molar-refractivity contribution in [3.05, 3.63) is 0 Å². The molecule has 0 saturated carbocycles. The van der Waals surface area contributed by atoms with Crippen LogP contribution in [0, 0.1) is 5.92 Å². The van der Waals surface area contributed by atoms with Crippen LogP contribution in [0.1, 0.15) is 39.5 Å². The van der Waals surface area contributed by atoms with E-state index in [1.54, 1.807) is 0 Å². The zero-order chi connectivity index (χ0) is 9.84. The lowest BCUT2D eigenvalue weighted by atomic mass is 9.98. The molecule has 1 aliphatic rings. The molecule has 1 nitrogen and oxygen atoms in total. The molecule has 1 aliphatic heterocycles. The van der Waals surface area contributed by atoms with Gasteiger partial charge in [-0.3, -0.25) is 0 Å². The van der Waals surface area contributed by atoms with Crippen molar-refractivity contribution in [1.29, 1.82) is 0 Å². The van der Waals surface area contributed by atoms with Crippen LogP contribution in [0.5, 0.6) is 0 Å². The monoisotopic (exact) mass is 316 g/mol. The summed E-state index contributed by atoms with van der Waals surface area (Å²) in [5.41, 5.74) is 0. The minimum Gasteiger partial charge on any atom is -0.365 e. The van der Waals surface area contributed by atoms with Gasteiger partial charge < -0.3 is 4.74 Å². The molecule has 1 rings (SSSR count). The minimum absolute atomic E-state index is 0.341. The lowest BCUT2D eigenvalue weighted by molar-refractivity contribution is 0.0482. The molecular formula is C10H18ClIO. The van der Waals surface area contributed by atoms with Crippen LogP contribution in [0.3, 0.4) is 0 Å². The third-order valence-corrected chi connectivity index (χ3v) is 4.26. The Labute approximate surface area is 99.7 Å². The highest BCUT2D eigenvalue weighted by Crippen LogP contribution is 2.27. The van der Waals surface area contributed by atoms with E-state index < -0.39 is 0 Å². The van der Waals surface area contributed by atoms with Crippen molar-refractivity contribution in [3.8, 4) is 0 Å². The molecule has 13 heavy (non-hydrogen) atoms. The van der Waals surface area contributed by atoms with E-state index in [0.29, 0.717) is 21.5 Å². The van der Waals surface area contributed by atoms with Gasteiger partial charge >= 0.3 is 0 Å². The van der Waals surface area contributed by atoms with E-state index in [-0.39, 0.29) is 0 Å². The zero-order valence-electron chi connectivity index (χ0n) is 8.30. The van der Waals surface area contributed by atoms with Crippen LogP contribution >= 0.6 is 34.2 Å². The first-order chi connectivity index (χ1) is 6.09. The average molecular weight is 317 g/mol. The summed E-state index contributed by atoms with van der Waals surface area (Å²) < 4.78 is 6.17. The Hall–Kier alpha value is 0.980. The smallest absolute Gasteiger partial charge is 0.109 e. The summed E-state index contributed by atoms with van der Waals surface area (Å²) in [4.78, 5) is 0. The fourth-order valence-corrected chi connectivity index (χ4v) is 2.75. The number of alkyl halides is 2. The summed E-state index contributed by atoms with van der Waals surface area (Å²) in [5.74, 6) is 0.632. The lowest BCUT2D eigenvalue weighted by Crippen LogP contribution is -2.14. The number of ether oxygens (including phenoxy) is 1. The van der Waals surface area contributed by atoms with Crippen molar-refractivity contribution < 1.29 is 4.74 Å². The summed E-state index contributed by atoms with van der Waals surface area (Å²) in [6, 6.07) is 0. The van der Waals surface area contributed by atoms with Crippen molar-refractivity contribution in [2.24, 2.45) is 5.92 Å². The Morgan fingerprint density at radius 3 is 2.54 bits per heavy atom. The summed E-state index contributed by atoms with van der Waals surface area (Å²) in [5, 5.41) is 0.341. The summed E-state index contributed by atoms with van der Waals surface area (Å²) in [6.45, 7) is 4.39. The highest BCUT2D eigenvalue weighted by molar-refractivity contribution is 14.1. The molecule has 1 heterocycles. The first-order valence-electron chi connectivity index (χ1n) is 5.03. The van der Waals surface area contributed by atoms with Gasteiger partial charge in [-0.15, -0.1) is 11.6 Å². The molecule has 0 radical (unpaired) electrons. The van der Waals surface area contributed by atoms with Gasteiger partial charge in [-0.25, -0.2) is 0 Å². The maximum Gasteiger partial charge on any atom is 0.109 e. The van der Waals surface area contributed by atoms with E-state index >= 15 is 0 Å². The van der Waals surface area contributed by atoms with Crippen molar-refractivity contribution in [2.75, 3.05) is 0 Å². The van der Waals surface area contributed by atoms with Gasteiger partial charge in [0.1, 0.15) is 4.11 Å². The number of halogens is 2. The molecule has 0 amide bonds. The summed E-state index contributed by atoms with van der Waals surface area (Å²) >= 11 is 8.65. The van der Waals surface area contributed by atoms with Crippen molar-refractivity contribution in [3.63, 3.8) is 0 Å². The predicted molar refractivity (Wildman–Crippen MR) is 65.6 cm³/mol. The van der Waals surface area contributed by atoms with Gasteiger partial charge in [0.2, 0.25) is 0 Å². The third kappa shape index (κ3) is 4.34. The largest absolute Gasteiger partial charge is 0.365 e. The number of hydrogen-bond donors (Lipinski definition) is 0. The number of hydrogen-bond acceptors (Lipinski definition) is 1. The fourth-order valence-electron chi connectivity index (χ4n) is 1.64. The highest BCUT2D eigenvalue weighted by atomic mass is 127. The molecule has 0 aromatic carbocycles. The van der Waals surface area contributed by atoms with Gasteiger partial charge in [0.05, 0.1) is 6.10 Å².